The summed E-state index contributed by atoms with van der Waals surface area (Å²) in [6.07, 6.45) is 0.343. The number of aromatic nitrogens is 5. The lowest BCUT2D eigenvalue weighted by Gasteiger charge is -2.13. The van der Waals surface area contributed by atoms with E-state index in [2.05, 4.69) is 16.0 Å². The molecule has 0 saturated heterocycles. The largest absolute Gasteiger partial charge is 0.496 e. The van der Waals surface area contributed by atoms with Gasteiger partial charge in [-0.25, -0.2) is 15.0 Å². The first-order chi connectivity index (χ1) is 18.2. The first-order valence-corrected chi connectivity index (χ1v) is 12.8. The van der Waals surface area contributed by atoms with Crippen LogP contribution in [0.2, 0.25) is 0 Å². The van der Waals surface area contributed by atoms with E-state index < -0.39 is 11.9 Å². The number of hydrogen-bond donors (Lipinski definition) is 0. The second kappa shape index (κ2) is 9.09. The van der Waals surface area contributed by atoms with Crippen LogP contribution < -0.4 is 9.61 Å². The Morgan fingerprint density at radius 2 is 1.87 bits per heavy atom. The third kappa shape index (κ3) is 4.36. The normalized spacial score (nSPS) is 13.8. The standard InChI is InChI=1S/C27H22F3N5O2S/c1-34-14-21(27(28,29)30)32-24(34)17-8-6-15(7-9-17)13-35-25-20(38-26(35)36)12-31-23(33-25)22-18(16-10-11-16)4-3-5-19(22)37-2/h3-9,12,14,16H,10-11,13H2,1-2H3. The minimum atomic E-state index is -4.51. The Hall–Kier alpha value is -3.99. The Morgan fingerprint density at radius 1 is 1.11 bits per heavy atom. The van der Waals surface area contributed by atoms with Crippen LogP contribution in [0.1, 0.15) is 35.6 Å². The van der Waals surface area contributed by atoms with Crippen molar-refractivity contribution < 1.29 is 17.9 Å². The molecule has 0 bridgehead atoms. The number of halogens is 3. The van der Waals surface area contributed by atoms with E-state index >= 15 is 0 Å². The van der Waals surface area contributed by atoms with Gasteiger partial charge in [0.15, 0.2) is 17.2 Å². The van der Waals surface area contributed by atoms with Crippen molar-refractivity contribution in [1.82, 2.24) is 24.1 Å². The van der Waals surface area contributed by atoms with Gasteiger partial charge in [0.05, 0.1) is 30.1 Å². The van der Waals surface area contributed by atoms with E-state index in [1.807, 2.05) is 12.1 Å². The number of thiazole rings is 1. The third-order valence-corrected chi connectivity index (χ3v) is 7.55. The summed E-state index contributed by atoms with van der Waals surface area (Å²) in [5.41, 5.74) is 2.93. The van der Waals surface area contributed by atoms with Gasteiger partial charge in [0.25, 0.3) is 0 Å². The van der Waals surface area contributed by atoms with Crippen LogP contribution >= 0.6 is 11.3 Å². The molecule has 5 aromatic rings. The van der Waals surface area contributed by atoms with Crippen molar-refractivity contribution in [2.24, 2.45) is 7.05 Å². The molecule has 3 aromatic heterocycles. The molecule has 7 nitrogen and oxygen atoms in total. The highest BCUT2D eigenvalue weighted by Gasteiger charge is 2.34. The summed E-state index contributed by atoms with van der Waals surface area (Å²) in [6, 6.07) is 12.9. The summed E-state index contributed by atoms with van der Waals surface area (Å²) >= 11 is 1.07. The van der Waals surface area contributed by atoms with Gasteiger partial charge in [0.2, 0.25) is 0 Å². The Kier molecular flexibility index (Phi) is 5.82. The van der Waals surface area contributed by atoms with Crippen molar-refractivity contribution in [3.05, 3.63) is 81.3 Å². The lowest BCUT2D eigenvalue weighted by Crippen LogP contribution is -2.14. The molecule has 1 aliphatic carbocycles. The van der Waals surface area contributed by atoms with Gasteiger partial charge in [-0.05, 0) is 36.0 Å². The molecular formula is C27H22F3N5O2S. The first kappa shape index (κ1) is 24.4. The molecule has 0 spiro atoms. The Morgan fingerprint density at radius 3 is 2.53 bits per heavy atom. The number of benzene rings is 2. The fourth-order valence-electron chi connectivity index (χ4n) is 4.63. The summed E-state index contributed by atoms with van der Waals surface area (Å²) in [5.74, 6) is 1.86. The maximum Gasteiger partial charge on any atom is 0.434 e. The van der Waals surface area contributed by atoms with Crippen LogP contribution in [0.4, 0.5) is 13.2 Å². The van der Waals surface area contributed by atoms with Gasteiger partial charge >= 0.3 is 11.0 Å². The van der Waals surface area contributed by atoms with Gasteiger partial charge in [0.1, 0.15) is 11.6 Å². The molecule has 0 N–H and O–H groups in total. The zero-order valence-corrected chi connectivity index (χ0v) is 21.3. The van der Waals surface area contributed by atoms with E-state index in [0.29, 0.717) is 33.4 Å². The van der Waals surface area contributed by atoms with Crippen LogP contribution in [0.15, 0.2) is 59.7 Å². The summed E-state index contributed by atoms with van der Waals surface area (Å²) in [6.45, 7) is 0.255. The molecule has 38 heavy (non-hydrogen) atoms. The average molecular weight is 538 g/mol. The molecule has 0 unspecified atom stereocenters. The van der Waals surface area contributed by atoms with Gasteiger partial charge in [-0.1, -0.05) is 47.7 Å². The van der Waals surface area contributed by atoms with E-state index in [1.165, 1.54) is 11.6 Å². The predicted octanol–water partition coefficient (Wildman–Crippen LogP) is 5.87. The molecule has 2 aromatic carbocycles. The number of aryl methyl sites for hydroxylation is 1. The Labute approximate surface area is 219 Å². The van der Waals surface area contributed by atoms with Gasteiger partial charge in [-0.3, -0.25) is 9.36 Å². The fraction of sp³-hybridized carbons (Fsp3) is 0.259. The highest BCUT2D eigenvalue weighted by atomic mass is 32.1. The highest BCUT2D eigenvalue weighted by molar-refractivity contribution is 7.16. The number of nitrogens with zero attached hydrogens (tertiary/aromatic N) is 5. The summed E-state index contributed by atoms with van der Waals surface area (Å²) < 4.78 is 48.4. The van der Waals surface area contributed by atoms with Crippen LogP contribution in [0.5, 0.6) is 5.75 Å². The molecule has 1 fully saturated rings. The monoisotopic (exact) mass is 537 g/mol. The molecule has 1 aliphatic rings. The number of imidazole rings is 1. The zero-order chi connectivity index (χ0) is 26.6. The number of fused-ring (bicyclic) bond motifs is 1. The van der Waals surface area contributed by atoms with E-state index in [-0.39, 0.29) is 17.2 Å². The number of methoxy groups -OCH3 is 1. The smallest absolute Gasteiger partial charge is 0.434 e. The topological polar surface area (TPSA) is 74.8 Å². The van der Waals surface area contributed by atoms with E-state index in [1.54, 1.807) is 42.1 Å². The number of hydrogen-bond acceptors (Lipinski definition) is 6. The first-order valence-electron chi connectivity index (χ1n) is 12.0. The van der Waals surface area contributed by atoms with Gasteiger partial charge in [0, 0.05) is 18.8 Å². The Bertz CT molecular complexity index is 1720. The molecule has 11 heteroatoms. The molecule has 1 saturated carbocycles. The van der Waals surface area contributed by atoms with Crippen molar-refractivity contribution in [1.29, 1.82) is 0 Å². The molecule has 0 aliphatic heterocycles. The van der Waals surface area contributed by atoms with Crippen LogP contribution in [-0.4, -0.2) is 31.2 Å². The summed E-state index contributed by atoms with van der Waals surface area (Å²) in [4.78, 5) is 25.8. The van der Waals surface area contributed by atoms with Crippen molar-refractivity contribution >= 4 is 21.7 Å². The zero-order valence-electron chi connectivity index (χ0n) is 20.5. The summed E-state index contributed by atoms with van der Waals surface area (Å²) in [7, 11) is 3.14. The van der Waals surface area contributed by atoms with Crippen molar-refractivity contribution in [2.45, 2.75) is 31.5 Å². The second-order valence-corrected chi connectivity index (χ2v) is 10.3. The van der Waals surface area contributed by atoms with Gasteiger partial charge in [-0.2, -0.15) is 13.2 Å². The van der Waals surface area contributed by atoms with Crippen molar-refractivity contribution in [3.63, 3.8) is 0 Å². The summed E-state index contributed by atoms with van der Waals surface area (Å²) in [5, 5.41) is 0. The second-order valence-electron chi connectivity index (χ2n) is 9.29. The molecule has 0 radical (unpaired) electrons. The lowest BCUT2D eigenvalue weighted by atomic mass is 10.0. The van der Waals surface area contributed by atoms with Gasteiger partial charge in [-0.15, -0.1) is 0 Å². The lowest BCUT2D eigenvalue weighted by molar-refractivity contribution is -0.140. The molecule has 0 amide bonds. The maximum absolute atomic E-state index is 13.1. The van der Waals surface area contributed by atoms with E-state index in [4.69, 9.17) is 9.72 Å². The number of rotatable bonds is 6. The van der Waals surface area contributed by atoms with Crippen LogP contribution in [0.25, 0.3) is 33.1 Å². The van der Waals surface area contributed by atoms with Crippen LogP contribution in [0.3, 0.4) is 0 Å². The third-order valence-electron chi connectivity index (χ3n) is 6.65. The molecule has 3 heterocycles. The predicted molar refractivity (Wildman–Crippen MR) is 138 cm³/mol. The average Bonchev–Trinajstić information content (AvgIpc) is 3.60. The molecule has 194 valence electrons. The number of ether oxygens (including phenoxy) is 1. The molecule has 6 rings (SSSR count). The van der Waals surface area contributed by atoms with E-state index in [9.17, 15) is 18.0 Å². The SMILES string of the molecule is COc1cccc(C2CC2)c1-c1ncc2sc(=O)n(Cc3ccc(-c4nc(C(F)(F)F)cn4C)cc3)c2n1. The van der Waals surface area contributed by atoms with Crippen molar-refractivity contribution in [3.8, 4) is 28.5 Å². The van der Waals surface area contributed by atoms with Gasteiger partial charge < -0.3 is 9.30 Å². The quantitative estimate of drug-likeness (QED) is 0.271. The minimum Gasteiger partial charge on any atom is -0.496 e. The fourth-order valence-corrected chi connectivity index (χ4v) is 5.43. The number of alkyl halides is 3. The van der Waals surface area contributed by atoms with E-state index in [0.717, 1.165) is 47.1 Å². The molecular weight excluding hydrogens is 515 g/mol. The Balaban J connectivity index is 1.35. The highest BCUT2D eigenvalue weighted by Crippen LogP contribution is 2.46. The van der Waals surface area contributed by atoms with Crippen LogP contribution in [-0.2, 0) is 19.8 Å². The van der Waals surface area contributed by atoms with Crippen molar-refractivity contribution in [2.75, 3.05) is 7.11 Å². The molecule has 0 atom stereocenters. The minimum absolute atomic E-state index is 0.170. The van der Waals surface area contributed by atoms with Crippen LogP contribution in [0, 0.1) is 0 Å². The maximum atomic E-state index is 13.1.